The van der Waals surface area contributed by atoms with Crippen LogP contribution in [-0.4, -0.2) is 13.3 Å². The zero-order valence-corrected chi connectivity index (χ0v) is 13.2. The molecule has 1 aliphatic heterocycles. The number of hydrogen-bond donors (Lipinski definition) is 1. The van der Waals surface area contributed by atoms with Gasteiger partial charge in [-0.15, -0.1) is 0 Å². The van der Waals surface area contributed by atoms with Gasteiger partial charge in [0, 0.05) is 6.04 Å². The molecule has 0 amide bonds. The maximum Gasteiger partial charge on any atom is 0.231 e. The van der Waals surface area contributed by atoms with Crippen molar-refractivity contribution < 1.29 is 9.47 Å². The van der Waals surface area contributed by atoms with Crippen LogP contribution in [0.4, 0.5) is 0 Å². The molecule has 3 nitrogen and oxygen atoms in total. The Morgan fingerprint density at radius 2 is 1.90 bits per heavy atom. The summed E-state index contributed by atoms with van der Waals surface area (Å²) in [5.74, 6) is 3.61. The normalized spacial score (nSPS) is 25.8. The highest BCUT2D eigenvalue weighted by Crippen LogP contribution is 2.34. The number of hydrogen-bond acceptors (Lipinski definition) is 3. The van der Waals surface area contributed by atoms with Gasteiger partial charge in [0.2, 0.25) is 6.79 Å². The van der Waals surface area contributed by atoms with Gasteiger partial charge in [-0.05, 0) is 49.4 Å². The smallest absolute Gasteiger partial charge is 0.231 e. The number of benzene rings is 1. The van der Waals surface area contributed by atoms with Crippen LogP contribution in [0.1, 0.15) is 57.6 Å². The fraction of sp³-hybridized carbons (Fsp3) is 0.667. The Morgan fingerprint density at radius 1 is 1.14 bits per heavy atom. The molecule has 1 aromatic rings. The van der Waals surface area contributed by atoms with Gasteiger partial charge in [0.25, 0.3) is 0 Å². The zero-order chi connectivity index (χ0) is 14.7. The van der Waals surface area contributed by atoms with E-state index in [9.17, 15) is 0 Å². The lowest BCUT2D eigenvalue weighted by Crippen LogP contribution is -2.23. The highest BCUT2D eigenvalue weighted by molar-refractivity contribution is 5.45. The predicted molar refractivity (Wildman–Crippen MR) is 84.7 cm³/mol. The van der Waals surface area contributed by atoms with Gasteiger partial charge in [0.15, 0.2) is 11.5 Å². The summed E-state index contributed by atoms with van der Waals surface area (Å²) in [5.41, 5.74) is 1.27. The minimum absolute atomic E-state index is 0.348. The largest absolute Gasteiger partial charge is 0.454 e. The van der Waals surface area contributed by atoms with E-state index in [-0.39, 0.29) is 0 Å². The second-order valence-electron chi connectivity index (χ2n) is 6.70. The first-order valence-electron chi connectivity index (χ1n) is 8.35. The molecule has 1 atom stereocenters. The van der Waals surface area contributed by atoms with Crippen molar-refractivity contribution >= 4 is 0 Å². The van der Waals surface area contributed by atoms with Gasteiger partial charge >= 0.3 is 0 Å². The van der Waals surface area contributed by atoms with Crippen LogP contribution in [0.5, 0.6) is 11.5 Å². The van der Waals surface area contributed by atoms with Crippen molar-refractivity contribution in [1.29, 1.82) is 0 Å². The summed E-state index contributed by atoms with van der Waals surface area (Å²) in [5, 5.41) is 3.65. The first kappa shape index (κ1) is 14.7. The highest BCUT2D eigenvalue weighted by Gasteiger charge is 2.19. The third-order valence-corrected chi connectivity index (χ3v) is 5.04. The molecular weight excluding hydrogens is 262 g/mol. The number of nitrogens with one attached hydrogen (secondary N) is 1. The predicted octanol–water partition coefficient (Wildman–Crippen LogP) is 4.28. The summed E-state index contributed by atoms with van der Waals surface area (Å²) in [7, 11) is 0. The summed E-state index contributed by atoms with van der Waals surface area (Å²) in [4.78, 5) is 0. The van der Waals surface area contributed by atoms with E-state index in [0.717, 1.165) is 29.9 Å². The Balaban J connectivity index is 1.45. The Kier molecular flexibility index (Phi) is 4.69. The summed E-state index contributed by atoms with van der Waals surface area (Å²) >= 11 is 0. The van der Waals surface area contributed by atoms with Crippen LogP contribution in [-0.2, 0) is 0 Å². The highest BCUT2D eigenvalue weighted by atomic mass is 16.7. The van der Waals surface area contributed by atoms with E-state index in [4.69, 9.17) is 9.47 Å². The van der Waals surface area contributed by atoms with Crippen molar-refractivity contribution in [2.75, 3.05) is 13.3 Å². The topological polar surface area (TPSA) is 30.5 Å². The third kappa shape index (κ3) is 3.70. The quantitative estimate of drug-likeness (QED) is 0.877. The maximum atomic E-state index is 5.45. The molecule has 21 heavy (non-hydrogen) atoms. The molecule has 116 valence electrons. The molecule has 1 heterocycles. The molecule has 0 radical (unpaired) electrons. The number of rotatable bonds is 5. The van der Waals surface area contributed by atoms with E-state index in [2.05, 4.69) is 31.3 Å². The number of ether oxygens (including phenoxy) is 2. The second kappa shape index (κ2) is 6.69. The van der Waals surface area contributed by atoms with Crippen LogP contribution in [0.2, 0.25) is 0 Å². The summed E-state index contributed by atoms with van der Waals surface area (Å²) in [6, 6.07) is 6.61. The van der Waals surface area contributed by atoms with Gasteiger partial charge in [-0.3, -0.25) is 0 Å². The SMILES string of the molecule is CC1CCC(CCNC(C)c2ccc3c(c2)OCO3)CC1. The lowest BCUT2D eigenvalue weighted by molar-refractivity contribution is 0.174. The van der Waals surface area contributed by atoms with Gasteiger partial charge in [-0.1, -0.05) is 38.7 Å². The monoisotopic (exact) mass is 289 g/mol. The van der Waals surface area contributed by atoms with Gasteiger partial charge in [-0.25, -0.2) is 0 Å². The third-order valence-electron chi connectivity index (χ3n) is 5.04. The van der Waals surface area contributed by atoms with E-state index < -0.39 is 0 Å². The van der Waals surface area contributed by atoms with Crippen LogP contribution in [0, 0.1) is 11.8 Å². The zero-order valence-electron chi connectivity index (χ0n) is 13.2. The maximum absolute atomic E-state index is 5.45. The van der Waals surface area contributed by atoms with Gasteiger partial charge in [0.1, 0.15) is 0 Å². The van der Waals surface area contributed by atoms with Crippen molar-refractivity contribution in [2.24, 2.45) is 11.8 Å². The van der Waals surface area contributed by atoms with Crippen LogP contribution >= 0.6 is 0 Å². The van der Waals surface area contributed by atoms with Crippen LogP contribution < -0.4 is 14.8 Å². The molecule has 0 spiro atoms. The lowest BCUT2D eigenvalue weighted by atomic mass is 9.81. The molecule has 1 aliphatic carbocycles. The molecule has 1 aromatic carbocycles. The Labute approximate surface area is 128 Å². The molecule has 2 aliphatic rings. The molecule has 3 heteroatoms. The van der Waals surface area contributed by atoms with Crippen LogP contribution in [0.15, 0.2) is 18.2 Å². The minimum atomic E-state index is 0.348. The first-order valence-corrected chi connectivity index (χ1v) is 8.35. The molecule has 1 unspecified atom stereocenters. The Bertz CT molecular complexity index is 466. The van der Waals surface area contributed by atoms with Crippen molar-refractivity contribution in [3.05, 3.63) is 23.8 Å². The molecule has 1 fully saturated rings. The molecule has 1 N–H and O–H groups in total. The molecule has 0 aromatic heterocycles. The molecular formula is C18H27NO2. The fourth-order valence-corrected chi connectivity index (χ4v) is 3.42. The van der Waals surface area contributed by atoms with Crippen molar-refractivity contribution in [1.82, 2.24) is 5.32 Å². The van der Waals surface area contributed by atoms with E-state index in [0.29, 0.717) is 12.8 Å². The van der Waals surface area contributed by atoms with Crippen LogP contribution in [0.3, 0.4) is 0 Å². The lowest BCUT2D eigenvalue weighted by Gasteiger charge is -2.26. The van der Waals surface area contributed by atoms with E-state index in [1.807, 2.05) is 6.07 Å². The minimum Gasteiger partial charge on any atom is -0.454 e. The van der Waals surface area contributed by atoms with Crippen LogP contribution in [0.25, 0.3) is 0 Å². The van der Waals surface area contributed by atoms with Gasteiger partial charge in [-0.2, -0.15) is 0 Å². The summed E-state index contributed by atoms with van der Waals surface area (Å²) < 4.78 is 10.8. The van der Waals surface area contributed by atoms with E-state index in [1.165, 1.54) is 37.7 Å². The number of fused-ring (bicyclic) bond motifs is 1. The van der Waals surface area contributed by atoms with Gasteiger partial charge < -0.3 is 14.8 Å². The second-order valence-corrected chi connectivity index (χ2v) is 6.70. The standard InChI is InChI=1S/C18H27NO2/c1-13-3-5-15(6-4-13)9-10-19-14(2)16-7-8-17-18(11-16)21-12-20-17/h7-8,11,13-15,19H,3-6,9-10,12H2,1-2H3. The first-order chi connectivity index (χ1) is 10.2. The van der Waals surface area contributed by atoms with Crippen molar-refractivity contribution in [3.63, 3.8) is 0 Å². The van der Waals surface area contributed by atoms with Crippen molar-refractivity contribution in [3.8, 4) is 11.5 Å². The fourth-order valence-electron chi connectivity index (χ4n) is 3.42. The molecule has 1 saturated carbocycles. The Hall–Kier alpha value is -1.22. The molecule has 0 bridgehead atoms. The molecule has 3 rings (SSSR count). The van der Waals surface area contributed by atoms with Crippen molar-refractivity contribution in [2.45, 2.75) is 52.0 Å². The van der Waals surface area contributed by atoms with E-state index in [1.54, 1.807) is 0 Å². The Morgan fingerprint density at radius 3 is 2.71 bits per heavy atom. The van der Waals surface area contributed by atoms with E-state index >= 15 is 0 Å². The molecule has 0 saturated heterocycles. The average molecular weight is 289 g/mol. The van der Waals surface area contributed by atoms with Gasteiger partial charge in [0.05, 0.1) is 0 Å². The summed E-state index contributed by atoms with van der Waals surface area (Å²) in [6.07, 6.45) is 6.98. The summed E-state index contributed by atoms with van der Waals surface area (Å²) in [6.45, 7) is 6.06. The average Bonchev–Trinajstić information content (AvgIpc) is 2.96.